The summed E-state index contributed by atoms with van der Waals surface area (Å²) in [5, 5.41) is 4.08. The van der Waals surface area contributed by atoms with Gasteiger partial charge >= 0.3 is 0 Å². The fourth-order valence-electron chi connectivity index (χ4n) is 2.01. The Hall–Kier alpha value is -0.770. The first-order valence-corrected chi connectivity index (χ1v) is 5.78. The maximum Gasteiger partial charge on any atom is 0.124 e. The van der Waals surface area contributed by atoms with Crippen LogP contribution in [0.4, 0.5) is 0 Å². The van der Waals surface area contributed by atoms with Crippen molar-refractivity contribution in [2.45, 2.75) is 19.1 Å². The number of rotatable bonds is 2. The van der Waals surface area contributed by atoms with Gasteiger partial charge in [-0.25, -0.2) is 0 Å². The first-order valence-electron chi connectivity index (χ1n) is 5.41. The number of nitrogens with one attached hydrogen (secondary N) is 1. The fraction of sp³-hybridized carbons (Fsp3) is 0.500. The van der Waals surface area contributed by atoms with Crippen LogP contribution in [0.1, 0.15) is 18.6 Å². The van der Waals surface area contributed by atoms with Gasteiger partial charge in [-0.3, -0.25) is 0 Å². The van der Waals surface area contributed by atoms with Crippen molar-refractivity contribution in [1.29, 1.82) is 0 Å². The van der Waals surface area contributed by atoms with E-state index < -0.39 is 0 Å². The van der Waals surface area contributed by atoms with Crippen molar-refractivity contribution < 1.29 is 9.47 Å². The molecule has 16 heavy (non-hydrogen) atoms. The molecule has 1 heterocycles. The average molecular weight is 242 g/mol. The Morgan fingerprint density at radius 1 is 1.50 bits per heavy atom. The molecule has 1 aliphatic heterocycles. The highest BCUT2D eigenvalue weighted by atomic mass is 35.5. The monoisotopic (exact) mass is 241 g/mol. The Morgan fingerprint density at radius 2 is 2.31 bits per heavy atom. The van der Waals surface area contributed by atoms with Crippen LogP contribution in [-0.2, 0) is 4.74 Å². The summed E-state index contributed by atoms with van der Waals surface area (Å²) in [4.78, 5) is 0. The average Bonchev–Trinajstić information content (AvgIpc) is 2.29. The first kappa shape index (κ1) is 11.7. The Balaban J connectivity index is 2.33. The summed E-state index contributed by atoms with van der Waals surface area (Å²) in [5.41, 5.74) is 1.01. The molecular formula is C12H16ClNO2. The van der Waals surface area contributed by atoms with Gasteiger partial charge in [0.15, 0.2) is 0 Å². The van der Waals surface area contributed by atoms with Crippen molar-refractivity contribution in [2.24, 2.45) is 0 Å². The third kappa shape index (κ3) is 2.32. The van der Waals surface area contributed by atoms with Gasteiger partial charge in [0.2, 0.25) is 0 Å². The Kier molecular flexibility index (Phi) is 3.69. The van der Waals surface area contributed by atoms with Crippen LogP contribution in [-0.4, -0.2) is 26.3 Å². The zero-order valence-electron chi connectivity index (χ0n) is 9.50. The highest BCUT2D eigenvalue weighted by Gasteiger charge is 2.26. The summed E-state index contributed by atoms with van der Waals surface area (Å²) in [6.45, 7) is 3.70. The molecule has 0 bridgehead atoms. The largest absolute Gasteiger partial charge is 0.496 e. The second kappa shape index (κ2) is 5.04. The number of halogens is 1. The molecule has 1 aromatic rings. The topological polar surface area (TPSA) is 30.5 Å². The van der Waals surface area contributed by atoms with E-state index in [1.165, 1.54) is 0 Å². The minimum Gasteiger partial charge on any atom is -0.496 e. The molecular weight excluding hydrogens is 226 g/mol. The van der Waals surface area contributed by atoms with Gasteiger partial charge in [-0.15, -0.1) is 0 Å². The second-order valence-corrected chi connectivity index (χ2v) is 4.36. The van der Waals surface area contributed by atoms with E-state index in [2.05, 4.69) is 12.2 Å². The molecule has 0 amide bonds. The van der Waals surface area contributed by atoms with Gasteiger partial charge in [-0.2, -0.15) is 0 Å². The lowest BCUT2D eigenvalue weighted by molar-refractivity contribution is -0.00149. The minimum atomic E-state index is 0.00222. The van der Waals surface area contributed by atoms with Gasteiger partial charge < -0.3 is 14.8 Å². The quantitative estimate of drug-likeness (QED) is 0.863. The van der Waals surface area contributed by atoms with Crippen molar-refractivity contribution in [2.75, 3.05) is 20.3 Å². The lowest BCUT2D eigenvalue weighted by Crippen LogP contribution is -2.41. The van der Waals surface area contributed by atoms with E-state index in [4.69, 9.17) is 21.1 Å². The lowest BCUT2D eigenvalue weighted by Gasteiger charge is -2.31. The summed E-state index contributed by atoms with van der Waals surface area (Å²) >= 11 is 6.01. The Morgan fingerprint density at radius 3 is 3.00 bits per heavy atom. The van der Waals surface area contributed by atoms with Gasteiger partial charge in [-0.1, -0.05) is 11.6 Å². The molecule has 0 aliphatic carbocycles. The van der Waals surface area contributed by atoms with Crippen LogP contribution < -0.4 is 10.1 Å². The van der Waals surface area contributed by atoms with E-state index in [1.807, 2.05) is 18.2 Å². The molecule has 88 valence electrons. The maximum absolute atomic E-state index is 6.01. The van der Waals surface area contributed by atoms with E-state index >= 15 is 0 Å². The molecule has 1 fully saturated rings. The molecule has 0 aromatic heterocycles. The van der Waals surface area contributed by atoms with E-state index in [0.29, 0.717) is 11.6 Å². The number of hydrogen-bond donors (Lipinski definition) is 1. The molecule has 4 heteroatoms. The number of morpholine rings is 1. The van der Waals surface area contributed by atoms with Crippen molar-refractivity contribution in [1.82, 2.24) is 5.32 Å². The molecule has 1 saturated heterocycles. The van der Waals surface area contributed by atoms with Crippen LogP contribution >= 0.6 is 11.6 Å². The summed E-state index contributed by atoms with van der Waals surface area (Å²) in [5.74, 6) is 0.824. The van der Waals surface area contributed by atoms with E-state index in [9.17, 15) is 0 Å². The zero-order chi connectivity index (χ0) is 11.5. The first-order chi connectivity index (χ1) is 7.72. The number of methoxy groups -OCH3 is 1. The van der Waals surface area contributed by atoms with Crippen molar-refractivity contribution in [3.63, 3.8) is 0 Å². The SMILES string of the molecule is COc1ccc(Cl)cc1C1OCCNC1C. The van der Waals surface area contributed by atoms with Crippen LogP contribution in [0, 0.1) is 0 Å². The minimum absolute atomic E-state index is 0.00222. The maximum atomic E-state index is 6.01. The molecule has 3 nitrogen and oxygen atoms in total. The highest BCUT2D eigenvalue weighted by Crippen LogP contribution is 2.33. The molecule has 0 radical (unpaired) electrons. The summed E-state index contributed by atoms with van der Waals surface area (Å²) in [7, 11) is 1.66. The fourth-order valence-corrected chi connectivity index (χ4v) is 2.19. The van der Waals surface area contributed by atoms with Crippen LogP contribution in [0.2, 0.25) is 5.02 Å². The third-order valence-corrected chi connectivity index (χ3v) is 3.05. The van der Waals surface area contributed by atoms with Gasteiger partial charge in [-0.05, 0) is 25.1 Å². The van der Waals surface area contributed by atoms with Crippen LogP contribution in [0.3, 0.4) is 0 Å². The second-order valence-electron chi connectivity index (χ2n) is 3.92. The molecule has 1 N–H and O–H groups in total. The van der Waals surface area contributed by atoms with Crippen LogP contribution in [0.5, 0.6) is 5.75 Å². The molecule has 1 aromatic carbocycles. The lowest BCUT2D eigenvalue weighted by atomic mass is 10.0. The molecule has 1 aliphatic rings. The van der Waals surface area contributed by atoms with Crippen molar-refractivity contribution >= 4 is 11.6 Å². The molecule has 2 rings (SSSR count). The van der Waals surface area contributed by atoms with Gasteiger partial charge in [0.25, 0.3) is 0 Å². The highest BCUT2D eigenvalue weighted by molar-refractivity contribution is 6.30. The number of benzene rings is 1. The molecule has 2 atom stereocenters. The molecule has 0 saturated carbocycles. The van der Waals surface area contributed by atoms with Crippen LogP contribution in [0.15, 0.2) is 18.2 Å². The summed E-state index contributed by atoms with van der Waals surface area (Å²) in [6.07, 6.45) is 0.00222. The zero-order valence-corrected chi connectivity index (χ0v) is 10.3. The van der Waals surface area contributed by atoms with Crippen molar-refractivity contribution in [3.05, 3.63) is 28.8 Å². The normalized spacial score (nSPS) is 25.4. The van der Waals surface area contributed by atoms with Crippen LogP contribution in [0.25, 0.3) is 0 Å². The van der Waals surface area contributed by atoms with Gasteiger partial charge in [0, 0.05) is 23.2 Å². The standard InChI is InChI=1S/C12H16ClNO2/c1-8-12(16-6-5-14-8)10-7-9(13)3-4-11(10)15-2/h3-4,7-8,12,14H,5-6H2,1-2H3. The summed E-state index contributed by atoms with van der Waals surface area (Å²) < 4.78 is 11.1. The van der Waals surface area contributed by atoms with Gasteiger partial charge in [0.1, 0.15) is 11.9 Å². The number of hydrogen-bond acceptors (Lipinski definition) is 3. The predicted octanol–water partition coefficient (Wildman–Crippen LogP) is 2.40. The summed E-state index contributed by atoms with van der Waals surface area (Å²) in [6, 6.07) is 5.88. The van der Waals surface area contributed by atoms with E-state index in [1.54, 1.807) is 7.11 Å². The molecule has 0 spiro atoms. The smallest absolute Gasteiger partial charge is 0.124 e. The van der Waals surface area contributed by atoms with Gasteiger partial charge in [0.05, 0.1) is 13.7 Å². The van der Waals surface area contributed by atoms with Crippen molar-refractivity contribution in [3.8, 4) is 5.75 Å². The predicted molar refractivity (Wildman–Crippen MR) is 64.2 cm³/mol. The third-order valence-electron chi connectivity index (χ3n) is 2.82. The van der Waals surface area contributed by atoms with E-state index in [0.717, 1.165) is 17.9 Å². The number of ether oxygens (including phenoxy) is 2. The Labute approximate surface area is 101 Å². The molecule has 2 unspecified atom stereocenters. The van der Waals surface area contributed by atoms with E-state index in [-0.39, 0.29) is 12.1 Å². The Bertz CT molecular complexity index is 370.